The standard InChI is InChI=1S/C17H25N9.HI/c1-3-8-18-17(19-9-11-25-13-21-22-14(25)4-2)20-12-16-24-23-15-7-5-6-10-26(15)16;/h5-7,10,13H,3-4,8-9,11-12H2,1-2H3,(H2,18,19,20);1H. The number of guanidine groups is 1. The number of aryl methyl sites for hydroxylation is 1. The van der Waals surface area contributed by atoms with Gasteiger partial charge in [-0.25, -0.2) is 4.99 Å². The van der Waals surface area contributed by atoms with Gasteiger partial charge in [-0.2, -0.15) is 0 Å². The largest absolute Gasteiger partial charge is 0.356 e. The van der Waals surface area contributed by atoms with Crippen LogP contribution in [0.1, 0.15) is 31.9 Å². The fourth-order valence-electron chi connectivity index (χ4n) is 2.60. The van der Waals surface area contributed by atoms with Crippen LogP contribution in [-0.2, 0) is 19.5 Å². The van der Waals surface area contributed by atoms with E-state index in [9.17, 15) is 0 Å². The van der Waals surface area contributed by atoms with Gasteiger partial charge in [0.2, 0.25) is 0 Å². The summed E-state index contributed by atoms with van der Waals surface area (Å²) in [5.41, 5.74) is 0.827. The van der Waals surface area contributed by atoms with Crippen molar-refractivity contribution in [2.75, 3.05) is 13.1 Å². The van der Waals surface area contributed by atoms with Crippen molar-refractivity contribution in [2.24, 2.45) is 4.99 Å². The maximum atomic E-state index is 4.65. The van der Waals surface area contributed by atoms with Crippen LogP contribution in [0, 0.1) is 0 Å². The molecule has 3 aromatic rings. The minimum absolute atomic E-state index is 0. The van der Waals surface area contributed by atoms with E-state index in [-0.39, 0.29) is 24.0 Å². The summed E-state index contributed by atoms with van der Waals surface area (Å²) in [5.74, 6) is 2.57. The SMILES string of the molecule is CCCNC(=NCc1nnc2ccccn12)NCCn1cnnc1CC.I. The average Bonchev–Trinajstić information content (AvgIpc) is 3.30. The zero-order valence-electron chi connectivity index (χ0n) is 15.7. The normalized spacial score (nSPS) is 11.4. The third-order valence-electron chi connectivity index (χ3n) is 3.96. The number of halogens is 1. The van der Waals surface area contributed by atoms with E-state index in [0.29, 0.717) is 6.54 Å². The topological polar surface area (TPSA) is 97.3 Å². The van der Waals surface area contributed by atoms with Gasteiger partial charge in [0.1, 0.15) is 18.7 Å². The molecule has 146 valence electrons. The molecule has 10 heteroatoms. The summed E-state index contributed by atoms with van der Waals surface area (Å²) >= 11 is 0. The van der Waals surface area contributed by atoms with Crippen LogP contribution in [0.15, 0.2) is 35.7 Å². The Morgan fingerprint density at radius 2 is 1.93 bits per heavy atom. The molecule has 2 N–H and O–H groups in total. The molecule has 0 aromatic carbocycles. The van der Waals surface area contributed by atoms with E-state index in [2.05, 4.69) is 54.4 Å². The molecular weight excluding hydrogens is 457 g/mol. The van der Waals surface area contributed by atoms with E-state index in [1.807, 2.05) is 28.8 Å². The van der Waals surface area contributed by atoms with Crippen LogP contribution in [-0.4, -0.2) is 48.4 Å². The summed E-state index contributed by atoms with van der Waals surface area (Å²) < 4.78 is 4.00. The summed E-state index contributed by atoms with van der Waals surface area (Å²) in [4.78, 5) is 4.65. The Bertz CT molecular complexity index is 855. The Kier molecular flexibility index (Phi) is 8.43. The number of hydrogen-bond donors (Lipinski definition) is 2. The lowest BCUT2D eigenvalue weighted by Gasteiger charge is -2.12. The average molecular weight is 483 g/mol. The molecule has 0 saturated carbocycles. The van der Waals surface area contributed by atoms with Gasteiger partial charge in [0.25, 0.3) is 0 Å². The quantitative estimate of drug-likeness (QED) is 0.287. The zero-order valence-corrected chi connectivity index (χ0v) is 18.0. The van der Waals surface area contributed by atoms with Crippen LogP contribution in [0.25, 0.3) is 5.65 Å². The number of pyridine rings is 1. The lowest BCUT2D eigenvalue weighted by atomic mass is 10.4. The number of aliphatic imine (C=N–C) groups is 1. The van der Waals surface area contributed by atoms with Gasteiger partial charge in [-0.15, -0.1) is 44.4 Å². The number of fused-ring (bicyclic) bond motifs is 1. The number of rotatable bonds is 8. The highest BCUT2D eigenvalue weighted by molar-refractivity contribution is 14.0. The monoisotopic (exact) mass is 483 g/mol. The Balaban J connectivity index is 0.00000261. The Labute approximate surface area is 175 Å². The number of nitrogens with one attached hydrogen (secondary N) is 2. The van der Waals surface area contributed by atoms with Crippen LogP contribution < -0.4 is 10.6 Å². The zero-order chi connectivity index (χ0) is 18.2. The van der Waals surface area contributed by atoms with E-state index in [1.54, 1.807) is 6.33 Å². The molecule has 0 aliphatic carbocycles. The summed E-state index contributed by atoms with van der Waals surface area (Å²) in [6.45, 7) is 7.04. The predicted molar refractivity (Wildman–Crippen MR) is 115 cm³/mol. The van der Waals surface area contributed by atoms with Crippen LogP contribution in [0.2, 0.25) is 0 Å². The first kappa shape index (κ1) is 21.1. The molecule has 0 fully saturated rings. The number of aromatic nitrogens is 6. The summed E-state index contributed by atoms with van der Waals surface area (Å²) in [6.07, 6.45) is 5.61. The second-order valence-corrected chi connectivity index (χ2v) is 5.86. The molecule has 0 saturated heterocycles. The second-order valence-electron chi connectivity index (χ2n) is 5.86. The molecule has 0 unspecified atom stereocenters. The van der Waals surface area contributed by atoms with Gasteiger partial charge in [-0.05, 0) is 18.6 Å². The smallest absolute Gasteiger partial charge is 0.191 e. The summed E-state index contributed by atoms with van der Waals surface area (Å²) in [7, 11) is 0. The van der Waals surface area contributed by atoms with Gasteiger partial charge in [-0.3, -0.25) is 4.40 Å². The van der Waals surface area contributed by atoms with Crippen molar-refractivity contribution in [3.05, 3.63) is 42.4 Å². The Hall–Kier alpha value is -2.24. The third-order valence-corrected chi connectivity index (χ3v) is 3.96. The highest BCUT2D eigenvalue weighted by atomic mass is 127. The molecule has 27 heavy (non-hydrogen) atoms. The van der Waals surface area contributed by atoms with E-state index >= 15 is 0 Å². The molecule has 3 rings (SSSR count). The van der Waals surface area contributed by atoms with Gasteiger partial charge < -0.3 is 15.2 Å². The fourth-order valence-corrected chi connectivity index (χ4v) is 2.60. The molecule has 3 aromatic heterocycles. The van der Waals surface area contributed by atoms with Crippen molar-refractivity contribution >= 4 is 35.6 Å². The van der Waals surface area contributed by atoms with E-state index in [1.165, 1.54) is 0 Å². The predicted octanol–water partition coefficient (Wildman–Crippen LogP) is 1.65. The van der Waals surface area contributed by atoms with Gasteiger partial charge in [0.15, 0.2) is 17.4 Å². The van der Waals surface area contributed by atoms with Gasteiger partial charge in [-0.1, -0.05) is 19.9 Å². The number of hydrogen-bond acceptors (Lipinski definition) is 5. The summed E-state index contributed by atoms with van der Waals surface area (Å²) in [6, 6.07) is 5.84. The maximum Gasteiger partial charge on any atom is 0.191 e. The second kappa shape index (κ2) is 10.8. The molecule has 0 atom stereocenters. The highest BCUT2D eigenvalue weighted by Gasteiger charge is 2.05. The van der Waals surface area contributed by atoms with Crippen molar-refractivity contribution in [3.8, 4) is 0 Å². The van der Waals surface area contributed by atoms with Crippen LogP contribution in [0.5, 0.6) is 0 Å². The van der Waals surface area contributed by atoms with Crippen molar-refractivity contribution in [1.82, 2.24) is 40.0 Å². The van der Waals surface area contributed by atoms with Crippen molar-refractivity contribution in [3.63, 3.8) is 0 Å². The minimum atomic E-state index is 0. The molecule has 0 radical (unpaired) electrons. The van der Waals surface area contributed by atoms with Crippen molar-refractivity contribution in [1.29, 1.82) is 0 Å². The van der Waals surface area contributed by atoms with E-state index in [4.69, 9.17) is 0 Å². The first-order valence-electron chi connectivity index (χ1n) is 8.99. The van der Waals surface area contributed by atoms with Crippen LogP contribution >= 0.6 is 24.0 Å². The Morgan fingerprint density at radius 1 is 1.07 bits per heavy atom. The molecular formula is C17H26IN9. The van der Waals surface area contributed by atoms with E-state index in [0.717, 1.165) is 55.7 Å². The minimum Gasteiger partial charge on any atom is -0.356 e. The molecule has 0 aliphatic rings. The van der Waals surface area contributed by atoms with Crippen LogP contribution in [0.4, 0.5) is 0 Å². The number of nitrogens with zero attached hydrogens (tertiary/aromatic N) is 7. The van der Waals surface area contributed by atoms with Gasteiger partial charge >= 0.3 is 0 Å². The van der Waals surface area contributed by atoms with Crippen molar-refractivity contribution in [2.45, 2.75) is 39.8 Å². The molecule has 0 bridgehead atoms. The van der Waals surface area contributed by atoms with Gasteiger partial charge in [0.05, 0.1) is 0 Å². The maximum absolute atomic E-state index is 4.65. The lowest BCUT2D eigenvalue weighted by Crippen LogP contribution is -2.39. The first-order chi connectivity index (χ1) is 12.8. The van der Waals surface area contributed by atoms with E-state index < -0.39 is 0 Å². The molecule has 9 nitrogen and oxygen atoms in total. The van der Waals surface area contributed by atoms with Crippen LogP contribution in [0.3, 0.4) is 0 Å². The first-order valence-corrected chi connectivity index (χ1v) is 8.99. The molecule has 3 heterocycles. The summed E-state index contributed by atoms with van der Waals surface area (Å²) in [5, 5.41) is 23.1. The van der Waals surface area contributed by atoms with Gasteiger partial charge in [0, 0.05) is 32.3 Å². The third kappa shape index (κ3) is 5.62. The molecule has 0 amide bonds. The lowest BCUT2D eigenvalue weighted by molar-refractivity contribution is 0.630. The molecule has 0 spiro atoms. The van der Waals surface area contributed by atoms with Crippen molar-refractivity contribution < 1.29 is 0 Å². The Morgan fingerprint density at radius 3 is 2.74 bits per heavy atom. The molecule has 0 aliphatic heterocycles. The highest BCUT2D eigenvalue weighted by Crippen LogP contribution is 2.03. The fraction of sp³-hybridized carbons (Fsp3) is 0.471.